The Morgan fingerprint density at radius 3 is 2.58 bits per heavy atom. The smallest absolute Gasteiger partial charge is 0.387 e. The highest BCUT2D eigenvalue weighted by atomic mass is 19.3. The van der Waals surface area contributed by atoms with Crippen LogP contribution in [0.2, 0.25) is 0 Å². The van der Waals surface area contributed by atoms with Crippen LogP contribution in [0.15, 0.2) is 24.3 Å². The number of anilines is 1. The van der Waals surface area contributed by atoms with E-state index >= 15 is 0 Å². The minimum atomic E-state index is -2.99. The van der Waals surface area contributed by atoms with Gasteiger partial charge in [-0.2, -0.15) is 8.78 Å². The van der Waals surface area contributed by atoms with Crippen molar-refractivity contribution in [3.63, 3.8) is 0 Å². The van der Waals surface area contributed by atoms with E-state index in [0.29, 0.717) is 0 Å². The summed E-state index contributed by atoms with van der Waals surface area (Å²) in [6.45, 7) is -3.17. The number of rotatable bonds is 6. The molecule has 1 aromatic carbocycles. The molecule has 0 unspecified atom stereocenters. The molecular formula is C16H21F2N3O3. The summed E-state index contributed by atoms with van der Waals surface area (Å²) in [5, 5.41) is 7.65. The fraction of sp³-hybridized carbons (Fsp3) is 0.500. The van der Waals surface area contributed by atoms with Crippen LogP contribution in [0.3, 0.4) is 0 Å². The highest BCUT2D eigenvalue weighted by Crippen LogP contribution is 2.25. The number of halogens is 2. The van der Waals surface area contributed by atoms with Crippen molar-refractivity contribution in [3.8, 4) is 5.75 Å². The molecule has 6 nitrogen and oxygen atoms in total. The van der Waals surface area contributed by atoms with Crippen LogP contribution >= 0.6 is 0 Å². The molecular weight excluding hydrogens is 320 g/mol. The molecule has 0 aliphatic heterocycles. The number of hydrogen-bond donors (Lipinski definition) is 3. The van der Waals surface area contributed by atoms with E-state index in [1.807, 2.05) is 0 Å². The maximum absolute atomic E-state index is 12.3. The van der Waals surface area contributed by atoms with Gasteiger partial charge in [0, 0.05) is 6.04 Å². The lowest BCUT2D eigenvalue weighted by molar-refractivity contribution is -0.121. The SMILES string of the molecule is O=C(CNC(=O)Nc1ccccc1OC(F)F)NC1CCCCC1. The van der Waals surface area contributed by atoms with Crippen molar-refractivity contribution in [2.45, 2.75) is 44.8 Å². The minimum Gasteiger partial charge on any atom is -0.433 e. The third-order valence-corrected chi connectivity index (χ3v) is 3.73. The average Bonchev–Trinajstić information content (AvgIpc) is 2.55. The van der Waals surface area contributed by atoms with Crippen molar-refractivity contribution in [1.29, 1.82) is 0 Å². The van der Waals surface area contributed by atoms with Gasteiger partial charge in [-0.25, -0.2) is 4.79 Å². The first-order valence-corrected chi connectivity index (χ1v) is 7.92. The highest BCUT2D eigenvalue weighted by molar-refractivity contribution is 5.93. The van der Waals surface area contributed by atoms with Gasteiger partial charge in [-0.3, -0.25) is 4.79 Å². The lowest BCUT2D eigenvalue weighted by Crippen LogP contribution is -2.43. The van der Waals surface area contributed by atoms with E-state index in [1.54, 1.807) is 6.07 Å². The molecule has 1 aromatic rings. The van der Waals surface area contributed by atoms with Gasteiger partial charge in [-0.1, -0.05) is 31.4 Å². The second kappa shape index (κ2) is 9.05. The predicted molar refractivity (Wildman–Crippen MR) is 85.1 cm³/mol. The normalized spacial score (nSPS) is 15.0. The fourth-order valence-electron chi connectivity index (χ4n) is 2.62. The van der Waals surface area contributed by atoms with Gasteiger partial charge in [0.25, 0.3) is 0 Å². The Morgan fingerprint density at radius 1 is 1.17 bits per heavy atom. The quantitative estimate of drug-likeness (QED) is 0.744. The zero-order valence-corrected chi connectivity index (χ0v) is 13.2. The van der Waals surface area contributed by atoms with Gasteiger partial charge in [-0.15, -0.1) is 0 Å². The largest absolute Gasteiger partial charge is 0.433 e. The van der Waals surface area contributed by atoms with Crippen LogP contribution in [0.5, 0.6) is 5.75 Å². The van der Waals surface area contributed by atoms with Gasteiger partial charge < -0.3 is 20.7 Å². The summed E-state index contributed by atoms with van der Waals surface area (Å²) in [7, 11) is 0. The molecule has 1 aliphatic carbocycles. The third-order valence-electron chi connectivity index (χ3n) is 3.73. The molecule has 1 saturated carbocycles. The van der Waals surface area contributed by atoms with Crippen molar-refractivity contribution >= 4 is 17.6 Å². The van der Waals surface area contributed by atoms with E-state index in [-0.39, 0.29) is 29.9 Å². The van der Waals surface area contributed by atoms with Crippen LogP contribution in [0.25, 0.3) is 0 Å². The first kappa shape index (κ1) is 18.0. The van der Waals surface area contributed by atoms with Gasteiger partial charge in [0.05, 0.1) is 12.2 Å². The Hall–Kier alpha value is -2.38. The lowest BCUT2D eigenvalue weighted by atomic mass is 9.95. The number of ether oxygens (including phenoxy) is 1. The third kappa shape index (κ3) is 6.02. The van der Waals surface area contributed by atoms with Crippen molar-refractivity contribution in [2.24, 2.45) is 0 Å². The Balaban J connectivity index is 1.77. The van der Waals surface area contributed by atoms with E-state index in [9.17, 15) is 18.4 Å². The standard InChI is InChI=1S/C16H21F2N3O3/c17-15(18)24-13-9-5-4-8-12(13)21-16(23)19-10-14(22)20-11-6-2-1-3-7-11/h4-5,8-9,11,15H,1-3,6-7,10H2,(H,20,22)(H2,19,21,23). The highest BCUT2D eigenvalue weighted by Gasteiger charge is 2.16. The number of hydrogen-bond acceptors (Lipinski definition) is 3. The summed E-state index contributed by atoms with van der Waals surface area (Å²) in [6, 6.07) is 5.33. The van der Waals surface area contributed by atoms with Gasteiger partial charge >= 0.3 is 12.6 Å². The van der Waals surface area contributed by atoms with Gasteiger partial charge in [0.1, 0.15) is 5.75 Å². The second-order valence-corrected chi connectivity index (χ2v) is 5.58. The first-order chi connectivity index (χ1) is 11.5. The molecule has 1 fully saturated rings. The van der Waals surface area contributed by atoms with Crippen LogP contribution in [-0.4, -0.2) is 31.1 Å². The number of para-hydroxylation sites is 2. The van der Waals surface area contributed by atoms with Crippen LogP contribution < -0.4 is 20.7 Å². The fourth-order valence-corrected chi connectivity index (χ4v) is 2.62. The Labute approximate surface area is 138 Å². The van der Waals surface area contributed by atoms with E-state index in [0.717, 1.165) is 25.7 Å². The average molecular weight is 341 g/mol. The number of carbonyl (C=O) groups is 2. The number of benzene rings is 1. The van der Waals surface area contributed by atoms with Crippen molar-refractivity contribution in [1.82, 2.24) is 10.6 Å². The Kier molecular flexibility index (Phi) is 6.77. The van der Waals surface area contributed by atoms with Crippen molar-refractivity contribution < 1.29 is 23.1 Å². The van der Waals surface area contributed by atoms with Gasteiger partial charge in [0.2, 0.25) is 5.91 Å². The summed E-state index contributed by atoms with van der Waals surface area (Å²) in [5.74, 6) is -0.413. The number of carbonyl (C=O) groups excluding carboxylic acids is 2. The van der Waals surface area contributed by atoms with E-state index in [2.05, 4.69) is 20.7 Å². The molecule has 3 N–H and O–H groups in total. The molecule has 0 saturated heterocycles. The first-order valence-electron chi connectivity index (χ1n) is 7.92. The summed E-state index contributed by atoms with van der Waals surface area (Å²) in [6.07, 6.45) is 5.29. The van der Waals surface area contributed by atoms with Crippen molar-refractivity contribution in [2.75, 3.05) is 11.9 Å². The molecule has 8 heteroatoms. The monoisotopic (exact) mass is 341 g/mol. The number of alkyl halides is 2. The maximum atomic E-state index is 12.3. The van der Waals surface area contributed by atoms with Crippen LogP contribution in [0.4, 0.5) is 19.3 Å². The molecule has 0 atom stereocenters. The van der Waals surface area contributed by atoms with Crippen LogP contribution in [-0.2, 0) is 4.79 Å². The zero-order valence-electron chi connectivity index (χ0n) is 13.2. The van der Waals surface area contributed by atoms with Gasteiger partial charge in [0.15, 0.2) is 0 Å². The summed E-state index contributed by atoms with van der Waals surface area (Å²) in [4.78, 5) is 23.6. The molecule has 132 valence electrons. The molecule has 3 amide bonds. The predicted octanol–water partition coefficient (Wildman–Crippen LogP) is 2.86. The molecule has 1 aliphatic rings. The number of urea groups is 1. The van der Waals surface area contributed by atoms with Crippen molar-refractivity contribution in [3.05, 3.63) is 24.3 Å². The Bertz CT molecular complexity index is 563. The minimum absolute atomic E-state index is 0.1000. The second-order valence-electron chi connectivity index (χ2n) is 5.58. The topological polar surface area (TPSA) is 79.5 Å². The molecule has 0 aromatic heterocycles. The Morgan fingerprint density at radius 2 is 1.88 bits per heavy atom. The zero-order chi connectivity index (χ0) is 17.4. The molecule has 0 radical (unpaired) electrons. The van der Waals surface area contributed by atoms with E-state index in [4.69, 9.17) is 0 Å². The van der Waals surface area contributed by atoms with Gasteiger partial charge in [-0.05, 0) is 25.0 Å². The maximum Gasteiger partial charge on any atom is 0.387 e. The summed E-state index contributed by atoms with van der Waals surface area (Å²) < 4.78 is 28.9. The lowest BCUT2D eigenvalue weighted by Gasteiger charge is -2.22. The molecule has 0 heterocycles. The molecule has 24 heavy (non-hydrogen) atoms. The molecule has 0 spiro atoms. The van der Waals surface area contributed by atoms with E-state index in [1.165, 1.54) is 24.6 Å². The molecule has 0 bridgehead atoms. The number of amides is 3. The summed E-state index contributed by atoms with van der Waals surface area (Å²) in [5.41, 5.74) is 0.1000. The summed E-state index contributed by atoms with van der Waals surface area (Å²) >= 11 is 0. The van der Waals surface area contributed by atoms with Crippen LogP contribution in [0.1, 0.15) is 32.1 Å². The number of nitrogens with one attached hydrogen (secondary N) is 3. The molecule has 2 rings (SSSR count). The van der Waals surface area contributed by atoms with Crippen LogP contribution in [0, 0.1) is 0 Å². The van der Waals surface area contributed by atoms with E-state index < -0.39 is 12.6 Å².